The van der Waals surface area contributed by atoms with E-state index in [-0.39, 0.29) is 52.9 Å². The Morgan fingerprint density at radius 1 is 1.04 bits per heavy atom. The van der Waals surface area contributed by atoms with E-state index in [1.54, 1.807) is 29.2 Å². The summed E-state index contributed by atoms with van der Waals surface area (Å²) in [6, 6.07) is 17.2. The van der Waals surface area contributed by atoms with Gasteiger partial charge in [-0.05, 0) is 60.6 Å². The molecule has 1 N–H and O–H groups in total. The molecule has 13 heteroatoms. The minimum atomic E-state index is -4.92. The molecule has 5 rings (SSSR count). The first-order chi connectivity index (χ1) is 22.7. The fourth-order valence-corrected chi connectivity index (χ4v) is 6.58. The van der Waals surface area contributed by atoms with E-state index in [4.69, 9.17) is 21.1 Å². The number of piperidine rings is 1. The molecule has 1 fully saturated rings. The number of esters is 1. The topological polar surface area (TPSA) is 107 Å². The molecule has 2 aromatic carbocycles. The normalized spacial score (nSPS) is 16.9. The molecule has 1 unspecified atom stereocenters. The van der Waals surface area contributed by atoms with Crippen molar-refractivity contribution in [3.8, 4) is 22.8 Å². The molecule has 2 atom stereocenters. The Morgan fingerprint density at radius 3 is 2.40 bits per heavy atom. The lowest BCUT2D eigenvalue weighted by molar-refractivity contribution is -0.143. The second-order valence-electron chi connectivity index (χ2n) is 12.6. The zero-order chi connectivity index (χ0) is 34.8. The number of alkyl halides is 3. The number of pyridine rings is 1. The van der Waals surface area contributed by atoms with E-state index in [2.05, 4.69) is 30.9 Å². The fourth-order valence-electron chi connectivity index (χ4n) is 6.35. The summed E-state index contributed by atoms with van der Waals surface area (Å²) in [7, 11) is 0. The first kappa shape index (κ1) is 34.7. The molecule has 1 amide bonds. The van der Waals surface area contributed by atoms with Crippen molar-refractivity contribution >= 4 is 23.7 Å². The molecular weight excluding hydrogens is 649 g/mol. The number of carbonyl (C=O) groups is 2. The van der Waals surface area contributed by atoms with Gasteiger partial charge >= 0.3 is 18.2 Å². The van der Waals surface area contributed by atoms with Crippen LogP contribution in [0.2, 0.25) is 5.02 Å². The number of carboxylic acid groups (broad SMARTS) is 1. The monoisotopic (exact) mass is 684 g/mol. The number of hydrogen-bond donors (Lipinski definition) is 1. The molecular formula is C35H36ClF3N4O5. The number of para-hydroxylation sites is 1. The molecule has 4 aromatic rings. The van der Waals surface area contributed by atoms with Crippen molar-refractivity contribution in [3.63, 3.8) is 0 Å². The van der Waals surface area contributed by atoms with Gasteiger partial charge in [0, 0.05) is 24.1 Å². The van der Waals surface area contributed by atoms with Crippen LogP contribution in [0.5, 0.6) is 5.75 Å². The summed E-state index contributed by atoms with van der Waals surface area (Å²) < 4.78 is 53.9. The van der Waals surface area contributed by atoms with Crippen molar-refractivity contribution in [2.75, 3.05) is 13.2 Å². The summed E-state index contributed by atoms with van der Waals surface area (Å²) in [5.41, 5.74) is 0.326. The van der Waals surface area contributed by atoms with Crippen LogP contribution in [0.15, 0.2) is 66.9 Å². The quantitative estimate of drug-likeness (QED) is 0.185. The molecule has 48 heavy (non-hydrogen) atoms. The van der Waals surface area contributed by atoms with Gasteiger partial charge in [0.25, 0.3) is 0 Å². The molecule has 3 heterocycles. The molecule has 0 spiro atoms. The van der Waals surface area contributed by atoms with Crippen molar-refractivity contribution in [3.05, 3.63) is 94.3 Å². The van der Waals surface area contributed by atoms with Crippen LogP contribution in [-0.4, -0.2) is 56.0 Å². The summed E-state index contributed by atoms with van der Waals surface area (Å²) in [5.74, 6) is -0.983. The minimum absolute atomic E-state index is 0.0411. The Hall–Kier alpha value is -4.58. The second kappa shape index (κ2) is 13.9. The van der Waals surface area contributed by atoms with E-state index in [1.165, 1.54) is 19.1 Å². The predicted molar refractivity (Wildman–Crippen MR) is 173 cm³/mol. The van der Waals surface area contributed by atoms with E-state index >= 15 is 0 Å². The van der Waals surface area contributed by atoms with E-state index in [1.807, 2.05) is 24.3 Å². The van der Waals surface area contributed by atoms with Crippen LogP contribution in [0.4, 0.5) is 18.0 Å². The Labute approximate surface area is 281 Å². The van der Waals surface area contributed by atoms with Crippen molar-refractivity contribution in [1.29, 1.82) is 0 Å². The Kier molecular flexibility index (Phi) is 10.0. The molecule has 1 aliphatic rings. The predicted octanol–water partition coefficient (Wildman–Crippen LogP) is 8.63. The average Bonchev–Trinajstić information content (AvgIpc) is 3.50. The number of halogens is 4. The van der Waals surface area contributed by atoms with Crippen LogP contribution in [-0.2, 0) is 17.5 Å². The standard InChI is InChI=1S/C35H36ClF3N4O5/c1-5-47-32(44)25-19-40-43(31(25)35(37,38)39)28-13-7-12-27(41-28)24-9-6-11-26(36)29(24)48-20-21-14-16-22(17-15-21)23-10-8-18-42(33(45)46)30(23)34(2,3)4/h6-7,9,11-17,19,23,30H,5,8,10,18,20H2,1-4H3,(H,45,46)/t23-,30?/m0/s1. The third-order valence-electron chi connectivity index (χ3n) is 8.28. The second-order valence-corrected chi connectivity index (χ2v) is 13.0. The van der Waals surface area contributed by atoms with E-state index in [0.29, 0.717) is 16.8 Å². The number of carbonyl (C=O) groups excluding carboxylic acids is 1. The molecule has 0 saturated carbocycles. The molecule has 0 radical (unpaired) electrons. The molecule has 0 aliphatic carbocycles. The Balaban J connectivity index is 1.40. The highest BCUT2D eigenvalue weighted by Crippen LogP contribution is 2.42. The lowest BCUT2D eigenvalue weighted by atomic mass is 9.71. The van der Waals surface area contributed by atoms with Gasteiger partial charge < -0.3 is 19.5 Å². The molecule has 254 valence electrons. The highest BCUT2D eigenvalue weighted by molar-refractivity contribution is 6.32. The smallest absolute Gasteiger partial charge is 0.434 e. The molecule has 1 saturated heterocycles. The zero-order valence-electron chi connectivity index (χ0n) is 26.9. The van der Waals surface area contributed by atoms with Gasteiger partial charge in [-0.25, -0.2) is 19.3 Å². The number of hydrogen-bond acceptors (Lipinski definition) is 6. The maximum absolute atomic E-state index is 14.1. The number of nitrogens with zero attached hydrogens (tertiary/aromatic N) is 4. The third kappa shape index (κ3) is 7.28. The van der Waals surface area contributed by atoms with Crippen LogP contribution < -0.4 is 4.74 Å². The number of likely N-dealkylation sites (tertiary alicyclic amines) is 1. The molecule has 2 aromatic heterocycles. The van der Waals surface area contributed by atoms with Gasteiger partial charge in [-0.3, -0.25) is 0 Å². The first-order valence-corrected chi connectivity index (χ1v) is 15.9. The SMILES string of the molecule is CCOC(=O)c1cnn(-c2cccc(-c3cccc(Cl)c3OCc3ccc([C@@H]4CCCN(C(=O)O)C4C(C)(C)C)cc3)n2)c1C(F)(F)F. The Morgan fingerprint density at radius 2 is 1.75 bits per heavy atom. The van der Waals surface area contributed by atoms with Crippen molar-refractivity contribution in [1.82, 2.24) is 19.7 Å². The number of benzene rings is 2. The zero-order valence-corrected chi connectivity index (χ0v) is 27.7. The maximum Gasteiger partial charge on any atom is 0.434 e. The third-order valence-corrected chi connectivity index (χ3v) is 8.58. The van der Waals surface area contributed by atoms with Gasteiger partial charge in [0.05, 0.1) is 23.5 Å². The van der Waals surface area contributed by atoms with Crippen LogP contribution in [0.25, 0.3) is 17.1 Å². The van der Waals surface area contributed by atoms with Crippen molar-refractivity contribution in [2.24, 2.45) is 5.41 Å². The minimum Gasteiger partial charge on any atom is -0.487 e. The highest BCUT2D eigenvalue weighted by atomic mass is 35.5. The van der Waals surface area contributed by atoms with Gasteiger partial charge in [-0.1, -0.05) is 68.8 Å². The van der Waals surface area contributed by atoms with Gasteiger partial charge in [-0.15, -0.1) is 0 Å². The van der Waals surface area contributed by atoms with E-state index < -0.39 is 29.5 Å². The van der Waals surface area contributed by atoms with E-state index in [9.17, 15) is 27.9 Å². The number of rotatable bonds is 8. The number of amides is 1. The lowest BCUT2D eigenvalue weighted by Gasteiger charge is -2.47. The van der Waals surface area contributed by atoms with Crippen LogP contribution >= 0.6 is 11.6 Å². The summed E-state index contributed by atoms with van der Waals surface area (Å²) in [5, 5.41) is 14.0. The van der Waals surface area contributed by atoms with Crippen LogP contribution in [0.3, 0.4) is 0 Å². The largest absolute Gasteiger partial charge is 0.487 e. The molecule has 0 bridgehead atoms. The van der Waals surface area contributed by atoms with Gasteiger partial charge in [0.1, 0.15) is 17.9 Å². The van der Waals surface area contributed by atoms with Crippen LogP contribution in [0, 0.1) is 5.41 Å². The van der Waals surface area contributed by atoms with E-state index in [0.717, 1.165) is 30.2 Å². The Bertz CT molecular complexity index is 1790. The van der Waals surface area contributed by atoms with Gasteiger partial charge in [0.15, 0.2) is 11.5 Å². The summed E-state index contributed by atoms with van der Waals surface area (Å²) in [6.07, 6.45) is -3.36. The van der Waals surface area contributed by atoms with Gasteiger partial charge in [0.2, 0.25) is 0 Å². The highest BCUT2D eigenvalue weighted by Gasteiger charge is 2.43. The molecule has 1 aliphatic heterocycles. The summed E-state index contributed by atoms with van der Waals surface area (Å²) in [6.45, 7) is 8.22. The number of ether oxygens (including phenoxy) is 2. The van der Waals surface area contributed by atoms with Crippen molar-refractivity contribution in [2.45, 2.75) is 65.3 Å². The lowest BCUT2D eigenvalue weighted by Crippen LogP contribution is -2.53. The van der Waals surface area contributed by atoms with Crippen molar-refractivity contribution < 1.29 is 37.3 Å². The summed E-state index contributed by atoms with van der Waals surface area (Å²) in [4.78, 5) is 30.3. The van der Waals surface area contributed by atoms with Crippen LogP contribution in [0.1, 0.15) is 73.6 Å². The van der Waals surface area contributed by atoms with Gasteiger partial charge in [-0.2, -0.15) is 18.3 Å². The number of aromatic nitrogens is 3. The summed E-state index contributed by atoms with van der Waals surface area (Å²) >= 11 is 6.56. The molecule has 9 nitrogen and oxygen atoms in total. The fraction of sp³-hybridized carbons (Fsp3) is 0.371. The maximum atomic E-state index is 14.1. The first-order valence-electron chi connectivity index (χ1n) is 15.5. The average molecular weight is 685 g/mol.